The highest BCUT2D eigenvalue weighted by Gasteiger charge is 2.60. The van der Waals surface area contributed by atoms with Gasteiger partial charge in [-0.2, -0.15) is 22.0 Å². The van der Waals surface area contributed by atoms with Crippen LogP contribution in [0.3, 0.4) is 0 Å². The molecular formula is C21H11F6N5O2. The third kappa shape index (κ3) is 3.36. The Labute approximate surface area is 185 Å². The Morgan fingerprint density at radius 3 is 2.47 bits per heavy atom. The predicted molar refractivity (Wildman–Crippen MR) is 105 cm³/mol. The molecule has 0 aliphatic carbocycles. The van der Waals surface area contributed by atoms with E-state index in [1.807, 2.05) is 0 Å². The molecule has 7 nitrogen and oxygen atoms in total. The van der Waals surface area contributed by atoms with Gasteiger partial charge in [0.05, 0.1) is 6.61 Å². The maximum Gasteiger partial charge on any atom is 0.459 e. The molecule has 1 aromatic carbocycles. The third-order valence-corrected chi connectivity index (χ3v) is 5.18. The van der Waals surface area contributed by atoms with Crippen LogP contribution in [0.4, 0.5) is 26.3 Å². The highest BCUT2D eigenvalue weighted by Crippen LogP contribution is 2.45. The molecular weight excluding hydrogens is 468 g/mol. The molecule has 4 heterocycles. The van der Waals surface area contributed by atoms with Crippen molar-refractivity contribution in [2.24, 2.45) is 0 Å². The van der Waals surface area contributed by atoms with Crippen LogP contribution in [0.5, 0.6) is 0 Å². The molecule has 4 aromatic heterocycles. The fourth-order valence-electron chi connectivity index (χ4n) is 3.53. The molecule has 0 bridgehead atoms. The first-order valence-electron chi connectivity index (χ1n) is 9.54. The van der Waals surface area contributed by atoms with Crippen LogP contribution in [0.2, 0.25) is 0 Å². The first-order chi connectivity index (χ1) is 16.1. The standard InChI is InChI=1S/C21H11F6N5O2/c22-14-3-1-10(5-11(14)8-33)13-6-16(20(23,24)21(25,26)27)30-18-12(13)2-4-17-29-15(7-32(17)18)19-31-28-9-34-19/h1-7,9,33H,8H2. The number of aromatic nitrogens is 5. The zero-order valence-corrected chi connectivity index (χ0v) is 16.7. The zero-order chi connectivity index (χ0) is 24.3. The highest BCUT2D eigenvalue weighted by molar-refractivity contribution is 5.94. The quantitative estimate of drug-likeness (QED) is 0.370. The molecule has 34 heavy (non-hydrogen) atoms. The number of hydrogen-bond donors (Lipinski definition) is 1. The zero-order valence-electron chi connectivity index (χ0n) is 16.7. The van der Waals surface area contributed by atoms with Gasteiger partial charge in [-0.05, 0) is 41.5 Å². The second-order valence-corrected chi connectivity index (χ2v) is 7.26. The van der Waals surface area contributed by atoms with Crippen LogP contribution in [-0.4, -0.2) is 35.8 Å². The number of rotatable bonds is 4. The number of pyridine rings is 2. The normalized spacial score (nSPS) is 12.7. The van der Waals surface area contributed by atoms with E-state index in [0.717, 1.165) is 12.5 Å². The van der Waals surface area contributed by atoms with Crippen molar-refractivity contribution >= 4 is 16.7 Å². The Hall–Kier alpha value is -4.00. The van der Waals surface area contributed by atoms with Gasteiger partial charge in [0.15, 0.2) is 0 Å². The van der Waals surface area contributed by atoms with Gasteiger partial charge in [0.25, 0.3) is 5.89 Å². The monoisotopic (exact) mass is 479 g/mol. The van der Waals surface area contributed by atoms with Crippen molar-refractivity contribution < 1.29 is 35.9 Å². The molecule has 5 rings (SSSR count). The number of fused-ring (bicyclic) bond motifs is 3. The number of alkyl halides is 5. The van der Waals surface area contributed by atoms with E-state index in [1.54, 1.807) is 0 Å². The van der Waals surface area contributed by atoms with Gasteiger partial charge in [-0.25, -0.2) is 14.4 Å². The number of halogens is 6. The fraction of sp³-hybridized carbons (Fsp3) is 0.143. The largest absolute Gasteiger partial charge is 0.459 e. The summed E-state index contributed by atoms with van der Waals surface area (Å²) in [7, 11) is 0. The first-order valence-corrected chi connectivity index (χ1v) is 9.54. The average molecular weight is 479 g/mol. The minimum absolute atomic E-state index is 0.0000263. The molecule has 0 saturated heterocycles. The second-order valence-electron chi connectivity index (χ2n) is 7.26. The minimum atomic E-state index is -5.91. The topological polar surface area (TPSA) is 89.3 Å². The molecule has 0 amide bonds. The van der Waals surface area contributed by atoms with Crippen LogP contribution in [0.25, 0.3) is 39.4 Å². The predicted octanol–water partition coefficient (Wildman–Crippen LogP) is 4.89. The van der Waals surface area contributed by atoms with Gasteiger partial charge < -0.3 is 9.52 Å². The van der Waals surface area contributed by atoms with Gasteiger partial charge in [0.1, 0.15) is 28.5 Å². The van der Waals surface area contributed by atoms with E-state index in [0.29, 0.717) is 6.07 Å². The van der Waals surface area contributed by atoms with Crippen molar-refractivity contribution in [3.63, 3.8) is 0 Å². The molecule has 0 aliphatic rings. The first kappa shape index (κ1) is 21.8. The van der Waals surface area contributed by atoms with Gasteiger partial charge in [-0.1, -0.05) is 6.07 Å². The molecule has 0 unspecified atom stereocenters. The van der Waals surface area contributed by atoms with E-state index >= 15 is 0 Å². The molecule has 1 N–H and O–H groups in total. The van der Waals surface area contributed by atoms with Crippen LogP contribution in [0.15, 0.2) is 53.4 Å². The number of benzene rings is 1. The van der Waals surface area contributed by atoms with E-state index in [9.17, 15) is 31.4 Å². The number of imidazole rings is 1. The number of nitrogens with zero attached hydrogens (tertiary/aromatic N) is 5. The van der Waals surface area contributed by atoms with Crippen molar-refractivity contribution in [3.8, 4) is 22.7 Å². The van der Waals surface area contributed by atoms with Crippen molar-refractivity contribution in [3.05, 3.63) is 66.1 Å². The number of aliphatic hydroxyl groups excluding tert-OH is 1. The molecule has 0 aliphatic heterocycles. The summed E-state index contributed by atoms with van der Waals surface area (Å²) >= 11 is 0. The molecule has 5 aromatic rings. The summed E-state index contributed by atoms with van der Waals surface area (Å²) < 4.78 is 88.6. The molecule has 0 saturated carbocycles. The molecule has 0 atom stereocenters. The fourth-order valence-corrected chi connectivity index (χ4v) is 3.53. The summed E-state index contributed by atoms with van der Waals surface area (Å²) in [6.07, 6.45) is -3.56. The highest BCUT2D eigenvalue weighted by atomic mass is 19.4. The third-order valence-electron chi connectivity index (χ3n) is 5.18. The Bertz CT molecular complexity index is 1530. The van der Waals surface area contributed by atoms with Crippen LogP contribution in [0.1, 0.15) is 11.3 Å². The maximum absolute atomic E-state index is 14.4. The lowest BCUT2D eigenvalue weighted by atomic mass is 9.98. The Morgan fingerprint density at radius 1 is 1.00 bits per heavy atom. The van der Waals surface area contributed by atoms with Crippen LogP contribution < -0.4 is 0 Å². The van der Waals surface area contributed by atoms with E-state index < -0.39 is 30.2 Å². The maximum atomic E-state index is 14.4. The lowest BCUT2D eigenvalue weighted by Crippen LogP contribution is -2.34. The summed E-state index contributed by atoms with van der Waals surface area (Å²) in [4.78, 5) is 7.87. The lowest BCUT2D eigenvalue weighted by molar-refractivity contribution is -0.290. The number of hydrogen-bond acceptors (Lipinski definition) is 6. The van der Waals surface area contributed by atoms with E-state index in [-0.39, 0.29) is 45.0 Å². The molecule has 13 heteroatoms. The Kier molecular flexibility index (Phi) is 4.82. The summed E-state index contributed by atoms with van der Waals surface area (Å²) in [5.41, 5.74) is -1.64. The van der Waals surface area contributed by atoms with Crippen molar-refractivity contribution in [1.82, 2.24) is 24.6 Å². The van der Waals surface area contributed by atoms with Crippen molar-refractivity contribution in [2.75, 3.05) is 0 Å². The Balaban J connectivity index is 1.85. The molecule has 0 fully saturated rings. The van der Waals surface area contributed by atoms with Crippen LogP contribution in [-0.2, 0) is 12.5 Å². The van der Waals surface area contributed by atoms with Gasteiger partial charge in [-0.3, -0.25) is 4.40 Å². The van der Waals surface area contributed by atoms with Gasteiger partial charge >= 0.3 is 12.1 Å². The molecule has 174 valence electrons. The van der Waals surface area contributed by atoms with Crippen molar-refractivity contribution in [1.29, 1.82) is 0 Å². The van der Waals surface area contributed by atoms with Crippen molar-refractivity contribution in [2.45, 2.75) is 18.7 Å². The number of aliphatic hydroxyl groups is 1. The summed E-state index contributed by atoms with van der Waals surface area (Å²) in [6, 6.07) is 6.90. The average Bonchev–Trinajstić information content (AvgIpc) is 3.47. The summed E-state index contributed by atoms with van der Waals surface area (Å²) in [6.45, 7) is -0.701. The SMILES string of the molecule is OCc1cc(-c2cc(C(F)(F)C(F)(F)F)nc3c2ccc2nc(-c4nnco4)cn23)ccc1F. The minimum Gasteiger partial charge on any atom is -0.422 e. The van der Waals surface area contributed by atoms with Gasteiger partial charge in [0, 0.05) is 17.1 Å². The van der Waals surface area contributed by atoms with E-state index in [2.05, 4.69) is 20.2 Å². The summed E-state index contributed by atoms with van der Waals surface area (Å²) in [5.74, 6) is -6.04. The molecule has 0 radical (unpaired) electrons. The van der Waals surface area contributed by atoms with E-state index in [4.69, 9.17) is 4.42 Å². The summed E-state index contributed by atoms with van der Waals surface area (Å²) in [5, 5.41) is 16.8. The lowest BCUT2D eigenvalue weighted by Gasteiger charge is -2.21. The Morgan fingerprint density at radius 2 is 1.79 bits per heavy atom. The van der Waals surface area contributed by atoms with Gasteiger partial charge in [-0.15, -0.1) is 10.2 Å². The van der Waals surface area contributed by atoms with E-state index in [1.165, 1.54) is 34.9 Å². The molecule has 0 spiro atoms. The smallest absolute Gasteiger partial charge is 0.422 e. The van der Waals surface area contributed by atoms with Crippen LogP contribution >= 0.6 is 0 Å². The van der Waals surface area contributed by atoms with Crippen LogP contribution in [0, 0.1) is 5.82 Å². The van der Waals surface area contributed by atoms with Gasteiger partial charge in [0.2, 0.25) is 6.39 Å². The second kappa shape index (κ2) is 7.52.